The third-order valence-corrected chi connectivity index (χ3v) is 3.98. The first-order chi connectivity index (χ1) is 11.0. The molecule has 0 unspecified atom stereocenters. The minimum atomic E-state index is -1.36. The van der Waals surface area contributed by atoms with Crippen LogP contribution in [0.5, 0.6) is 11.5 Å². The number of carboxylic acids is 1. The predicted molar refractivity (Wildman–Crippen MR) is 92.1 cm³/mol. The Labute approximate surface area is 147 Å². The van der Waals surface area contributed by atoms with Crippen molar-refractivity contribution in [1.82, 2.24) is 4.90 Å². The number of amides is 1. The molecule has 0 radical (unpaired) electrons. The summed E-state index contributed by atoms with van der Waals surface area (Å²) in [5.41, 5.74) is -1.13. The predicted octanol–water partition coefficient (Wildman–Crippen LogP) is 3.32. The second-order valence-corrected chi connectivity index (χ2v) is 6.83. The largest absolute Gasteiger partial charge is 0.493 e. The fourth-order valence-electron chi connectivity index (χ4n) is 1.82. The molecule has 134 valence electrons. The minimum absolute atomic E-state index is 0.227. The van der Waals surface area contributed by atoms with Gasteiger partial charge in [0.2, 0.25) is 0 Å². The highest BCUT2D eigenvalue weighted by molar-refractivity contribution is 6.32. The lowest BCUT2D eigenvalue weighted by atomic mass is 10.0. The molecule has 1 aromatic rings. The van der Waals surface area contributed by atoms with E-state index >= 15 is 0 Å². The molecule has 0 aliphatic heterocycles. The maximum Gasteiger partial charge on any atom is 0.329 e. The van der Waals surface area contributed by atoms with Crippen LogP contribution in [-0.4, -0.2) is 48.2 Å². The minimum Gasteiger partial charge on any atom is -0.493 e. The third kappa shape index (κ3) is 4.32. The summed E-state index contributed by atoms with van der Waals surface area (Å²) in [7, 11) is 2.88. The van der Waals surface area contributed by atoms with Crippen LogP contribution in [0, 0.1) is 5.92 Å². The number of halogens is 1. The van der Waals surface area contributed by atoms with Crippen molar-refractivity contribution >= 4 is 23.5 Å². The van der Waals surface area contributed by atoms with E-state index in [2.05, 4.69) is 0 Å². The van der Waals surface area contributed by atoms with Gasteiger partial charge in [-0.25, -0.2) is 4.79 Å². The summed E-state index contributed by atoms with van der Waals surface area (Å²) in [6, 6.07) is 2.95. The Balaban J connectivity index is 3.20. The molecule has 0 saturated heterocycles. The molecular weight excluding hydrogens is 334 g/mol. The summed E-state index contributed by atoms with van der Waals surface area (Å²) in [6.45, 7) is 7.36. The molecule has 0 aliphatic carbocycles. The second kappa shape index (κ2) is 7.75. The molecule has 6 nitrogen and oxygen atoms in total. The van der Waals surface area contributed by atoms with Gasteiger partial charge in [0.1, 0.15) is 5.54 Å². The fourth-order valence-corrected chi connectivity index (χ4v) is 2.09. The molecule has 0 bridgehead atoms. The van der Waals surface area contributed by atoms with Crippen molar-refractivity contribution in [2.75, 3.05) is 20.8 Å². The highest BCUT2D eigenvalue weighted by Crippen LogP contribution is 2.37. The lowest BCUT2D eigenvalue weighted by Crippen LogP contribution is -2.50. The third-order valence-electron chi connectivity index (χ3n) is 3.70. The second-order valence-electron chi connectivity index (χ2n) is 6.42. The van der Waals surface area contributed by atoms with Crippen molar-refractivity contribution in [2.45, 2.75) is 33.2 Å². The number of aliphatic carboxylic acids is 1. The van der Waals surface area contributed by atoms with E-state index in [1.54, 1.807) is 0 Å². The molecule has 24 heavy (non-hydrogen) atoms. The van der Waals surface area contributed by atoms with Crippen LogP contribution in [-0.2, 0) is 4.79 Å². The first-order valence-electron chi connectivity index (χ1n) is 7.54. The average molecular weight is 358 g/mol. The summed E-state index contributed by atoms with van der Waals surface area (Å²) < 4.78 is 10.9. The Morgan fingerprint density at radius 1 is 1.33 bits per heavy atom. The molecule has 0 aromatic heterocycles. The zero-order valence-corrected chi connectivity index (χ0v) is 15.6. The van der Waals surface area contributed by atoms with E-state index in [0.29, 0.717) is 24.0 Å². The zero-order chi connectivity index (χ0) is 18.7. The Kier molecular flexibility index (Phi) is 6.49. The van der Waals surface area contributed by atoms with Crippen molar-refractivity contribution in [2.24, 2.45) is 5.92 Å². The average Bonchev–Trinajstić information content (AvgIpc) is 2.50. The summed E-state index contributed by atoms with van der Waals surface area (Å²) in [5, 5.41) is 9.50. The van der Waals surface area contributed by atoms with Gasteiger partial charge in [-0.05, 0) is 31.9 Å². The number of likely N-dealkylation sites (N-methyl/N-ethyl adjacent to an activating group) is 1. The van der Waals surface area contributed by atoms with E-state index in [0.717, 1.165) is 4.90 Å². The van der Waals surface area contributed by atoms with Crippen molar-refractivity contribution in [3.05, 3.63) is 22.7 Å². The van der Waals surface area contributed by atoms with E-state index in [1.807, 2.05) is 13.8 Å². The highest BCUT2D eigenvalue weighted by atomic mass is 35.5. The molecule has 0 heterocycles. The van der Waals surface area contributed by atoms with Gasteiger partial charge < -0.3 is 19.5 Å². The molecule has 0 saturated carbocycles. The van der Waals surface area contributed by atoms with Gasteiger partial charge in [-0.1, -0.05) is 25.4 Å². The molecular formula is C17H24ClNO5. The van der Waals surface area contributed by atoms with Crippen LogP contribution < -0.4 is 9.47 Å². The zero-order valence-electron chi connectivity index (χ0n) is 14.8. The topological polar surface area (TPSA) is 76.1 Å². The maximum absolute atomic E-state index is 12.6. The van der Waals surface area contributed by atoms with Crippen LogP contribution in [0.25, 0.3) is 0 Å². The van der Waals surface area contributed by atoms with E-state index in [9.17, 15) is 14.7 Å². The van der Waals surface area contributed by atoms with Crippen LogP contribution in [0.1, 0.15) is 38.1 Å². The van der Waals surface area contributed by atoms with Crippen LogP contribution in [0.2, 0.25) is 5.02 Å². The Hall–Kier alpha value is -1.95. The van der Waals surface area contributed by atoms with Crippen molar-refractivity contribution in [3.8, 4) is 11.5 Å². The molecule has 1 rings (SSSR count). The quantitative estimate of drug-likeness (QED) is 0.810. The Morgan fingerprint density at radius 2 is 1.92 bits per heavy atom. The molecule has 0 aliphatic rings. The number of carbonyl (C=O) groups excluding carboxylic acids is 1. The number of hydrogen-bond donors (Lipinski definition) is 1. The number of rotatable bonds is 7. The van der Waals surface area contributed by atoms with Gasteiger partial charge in [-0.3, -0.25) is 4.79 Å². The maximum atomic E-state index is 12.6. The SMILES string of the molecule is COc1cc(C(=O)N(C)C(C)(C)C(=O)O)cc(Cl)c1OCC(C)C. The van der Waals surface area contributed by atoms with Gasteiger partial charge in [0.25, 0.3) is 5.91 Å². The van der Waals surface area contributed by atoms with E-state index < -0.39 is 17.4 Å². The standard InChI is InChI=1S/C17H24ClNO5/c1-10(2)9-24-14-12(18)7-11(8-13(14)23-6)15(20)19(5)17(3,4)16(21)22/h7-8,10H,9H2,1-6H3,(H,21,22). The van der Waals surface area contributed by atoms with Gasteiger partial charge >= 0.3 is 5.97 Å². The van der Waals surface area contributed by atoms with E-state index in [1.165, 1.54) is 40.1 Å². The number of nitrogens with zero attached hydrogens (tertiary/aromatic N) is 1. The number of carboxylic acid groups (broad SMARTS) is 1. The van der Waals surface area contributed by atoms with Gasteiger partial charge in [0, 0.05) is 12.6 Å². The summed E-state index contributed by atoms with van der Waals surface area (Å²) >= 11 is 6.23. The summed E-state index contributed by atoms with van der Waals surface area (Å²) in [5.74, 6) is -0.585. The molecule has 0 atom stereocenters. The molecule has 1 amide bonds. The Bertz CT molecular complexity index is 628. The smallest absolute Gasteiger partial charge is 0.329 e. The van der Waals surface area contributed by atoms with E-state index in [4.69, 9.17) is 21.1 Å². The van der Waals surface area contributed by atoms with Crippen LogP contribution in [0.4, 0.5) is 0 Å². The van der Waals surface area contributed by atoms with Gasteiger partial charge in [-0.2, -0.15) is 0 Å². The first kappa shape index (κ1) is 20.1. The normalized spacial score (nSPS) is 11.3. The first-order valence-corrected chi connectivity index (χ1v) is 7.92. The molecule has 7 heteroatoms. The van der Waals surface area contributed by atoms with Gasteiger partial charge in [-0.15, -0.1) is 0 Å². The summed E-state index contributed by atoms with van der Waals surface area (Å²) in [4.78, 5) is 25.1. The van der Waals surface area contributed by atoms with Crippen LogP contribution in [0.3, 0.4) is 0 Å². The molecule has 0 spiro atoms. The number of ether oxygens (including phenoxy) is 2. The number of hydrogen-bond acceptors (Lipinski definition) is 4. The highest BCUT2D eigenvalue weighted by Gasteiger charge is 2.36. The van der Waals surface area contributed by atoms with Gasteiger partial charge in [0.15, 0.2) is 11.5 Å². The lowest BCUT2D eigenvalue weighted by Gasteiger charge is -2.31. The molecule has 1 N–H and O–H groups in total. The van der Waals surface area contributed by atoms with E-state index in [-0.39, 0.29) is 10.6 Å². The summed E-state index contributed by atoms with van der Waals surface area (Å²) in [6.07, 6.45) is 0. The Morgan fingerprint density at radius 3 is 2.38 bits per heavy atom. The fraction of sp³-hybridized carbons (Fsp3) is 0.529. The molecule has 0 fully saturated rings. The lowest BCUT2D eigenvalue weighted by molar-refractivity contribution is -0.147. The van der Waals surface area contributed by atoms with Crippen LogP contribution in [0.15, 0.2) is 12.1 Å². The number of carbonyl (C=O) groups is 2. The van der Waals surface area contributed by atoms with Gasteiger partial charge in [0.05, 0.1) is 18.7 Å². The number of benzene rings is 1. The van der Waals surface area contributed by atoms with Crippen molar-refractivity contribution in [1.29, 1.82) is 0 Å². The van der Waals surface area contributed by atoms with Crippen molar-refractivity contribution in [3.63, 3.8) is 0 Å². The monoisotopic (exact) mass is 357 g/mol. The molecule has 1 aromatic carbocycles. The van der Waals surface area contributed by atoms with Crippen molar-refractivity contribution < 1.29 is 24.2 Å². The number of methoxy groups -OCH3 is 1. The van der Waals surface area contributed by atoms with Crippen LogP contribution >= 0.6 is 11.6 Å².